The summed E-state index contributed by atoms with van der Waals surface area (Å²) in [5.74, 6) is 0.0261. The molecule has 0 aliphatic carbocycles. The van der Waals surface area contributed by atoms with Crippen LogP contribution in [0.25, 0.3) is 0 Å². The van der Waals surface area contributed by atoms with E-state index in [1.54, 1.807) is 12.1 Å². The Balaban J connectivity index is 1.76. The minimum Gasteiger partial charge on any atom is -0.288 e. The third-order valence-electron chi connectivity index (χ3n) is 3.26. The van der Waals surface area contributed by atoms with Gasteiger partial charge in [-0.05, 0) is 29.7 Å². The van der Waals surface area contributed by atoms with Gasteiger partial charge in [-0.1, -0.05) is 66.2 Å². The molecule has 0 atom stereocenters. The van der Waals surface area contributed by atoms with Crippen LogP contribution in [-0.4, -0.2) is 5.78 Å². The van der Waals surface area contributed by atoms with Crippen LogP contribution in [0.5, 0.6) is 0 Å². The second-order valence-corrected chi connectivity index (χ2v) is 6.51. The first-order valence-electron chi connectivity index (χ1n) is 6.65. The molecule has 0 radical (unpaired) electrons. The monoisotopic (exact) mass is 312 g/mol. The zero-order valence-electron chi connectivity index (χ0n) is 11.3. The number of carbonyl (C=O) groups is 1. The molecule has 0 saturated carbocycles. The van der Waals surface area contributed by atoms with E-state index in [4.69, 9.17) is 11.6 Å². The number of halogens is 1. The maximum atomic E-state index is 12.3. The van der Waals surface area contributed by atoms with Crippen LogP contribution in [0.2, 0.25) is 4.34 Å². The third kappa shape index (κ3) is 3.41. The van der Waals surface area contributed by atoms with Gasteiger partial charge in [0.05, 0.1) is 9.21 Å². The van der Waals surface area contributed by atoms with Crippen molar-refractivity contribution in [3.8, 4) is 0 Å². The van der Waals surface area contributed by atoms with Crippen LogP contribution in [0.4, 0.5) is 0 Å². The summed E-state index contributed by atoms with van der Waals surface area (Å²) in [5.41, 5.74) is 3.16. The van der Waals surface area contributed by atoms with Gasteiger partial charge in [-0.15, -0.1) is 11.3 Å². The van der Waals surface area contributed by atoms with Crippen molar-refractivity contribution in [3.05, 3.63) is 92.6 Å². The zero-order valence-corrected chi connectivity index (χ0v) is 12.8. The number of hydrogen-bond acceptors (Lipinski definition) is 2. The molecular formula is C18H13ClOS. The van der Waals surface area contributed by atoms with Crippen molar-refractivity contribution in [2.75, 3.05) is 0 Å². The molecule has 1 aromatic heterocycles. The van der Waals surface area contributed by atoms with Crippen LogP contribution in [0, 0.1) is 0 Å². The molecule has 0 unspecified atom stereocenters. The first kappa shape index (κ1) is 14.1. The maximum Gasteiger partial charge on any atom is 0.202 e. The molecule has 1 heterocycles. The van der Waals surface area contributed by atoms with Crippen molar-refractivity contribution < 1.29 is 4.79 Å². The first-order chi connectivity index (χ1) is 10.2. The van der Waals surface area contributed by atoms with Gasteiger partial charge in [0.25, 0.3) is 0 Å². The van der Waals surface area contributed by atoms with E-state index in [1.165, 1.54) is 22.5 Å². The van der Waals surface area contributed by atoms with Crippen molar-refractivity contribution in [3.63, 3.8) is 0 Å². The third-order valence-corrected chi connectivity index (χ3v) is 4.49. The van der Waals surface area contributed by atoms with Crippen LogP contribution in [-0.2, 0) is 6.42 Å². The highest BCUT2D eigenvalue weighted by atomic mass is 35.5. The molecule has 2 aromatic carbocycles. The van der Waals surface area contributed by atoms with Gasteiger partial charge < -0.3 is 0 Å². The number of carbonyl (C=O) groups excluding carboxylic acids is 1. The number of hydrogen-bond donors (Lipinski definition) is 0. The molecule has 0 spiro atoms. The predicted octanol–water partition coefficient (Wildman–Crippen LogP) is 5.22. The Hall–Kier alpha value is -1.90. The fourth-order valence-electron chi connectivity index (χ4n) is 2.18. The predicted molar refractivity (Wildman–Crippen MR) is 88.5 cm³/mol. The molecule has 0 bridgehead atoms. The van der Waals surface area contributed by atoms with Gasteiger partial charge in [0, 0.05) is 5.56 Å². The fraction of sp³-hybridized carbons (Fsp3) is 0.0556. The smallest absolute Gasteiger partial charge is 0.202 e. The summed E-state index contributed by atoms with van der Waals surface area (Å²) in [4.78, 5) is 13.0. The van der Waals surface area contributed by atoms with E-state index >= 15 is 0 Å². The summed E-state index contributed by atoms with van der Waals surface area (Å²) in [5, 5.41) is 0. The van der Waals surface area contributed by atoms with Gasteiger partial charge in [0.2, 0.25) is 5.78 Å². The highest BCUT2D eigenvalue weighted by Gasteiger charge is 2.11. The van der Waals surface area contributed by atoms with Crippen molar-refractivity contribution >= 4 is 28.7 Å². The van der Waals surface area contributed by atoms with Crippen LogP contribution < -0.4 is 0 Å². The molecule has 3 aromatic rings. The highest BCUT2D eigenvalue weighted by Crippen LogP contribution is 2.24. The quantitative estimate of drug-likeness (QED) is 0.603. The Morgan fingerprint density at radius 2 is 1.52 bits per heavy atom. The van der Waals surface area contributed by atoms with E-state index in [-0.39, 0.29) is 5.78 Å². The topological polar surface area (TPSA) is 17.1 Å². The Bertz CT molecular complexity index is 744. The summed E-state index contributed by atoms with van der Waals surface area (Å²) in [6.45, 7) is 0. The van der Waals surface area contributed by atoms with Crippen molar-refractivity contribution in [1.82, 2.24) is 0 Å². The molecule has 0 N–H and O–H groups in total. The van der Waals surface area contributed by atoms with Crippen molar-refractivity contribution in [1.29, 1.82) is 0 Å². The van der Waals surface area contributed by atoms with E-state index in [1.807, 2.05) is 42.5 Å². The molecule has 3 heteroatoms. The van der Waals surface area contributed by atoms with E-state index < -0.39 is 0 Å². The second-order valence-electron chi connectivity index (χ2n) is 4.79. The summed E-state index contributed by atoms with van der Waals surface area (Å²) in [7, 11) is 0. The average molecular weight is 313 g/mol. The van der Waals surface area contributed by atoms with Crippen molar-refractivity contribution in [2.45, 2.75) is 6.42 Å². The van der Waals surface area contributed by atoms with Gasteiger partial charge in [0.1, 0.15) is 0 Å². The standard InChI is InChI=1S/C18H13ClOS/c19-17-11-10-16(21-17)18(20)15-8-6-14(7-9-15)12-13-4-2-1-3-5-13/h1-11H,12H2. The van der Waals surface area contributed by atoms with Crippen LogP contribution in [0.3, 0.4) is 0 Å². The molecule has 104 valence electrons. The van der Waals surface area contributed by atoms with Gasteiger partial charge in [-0.3, -0.25) is 4.79 Å². The van der Waals surface area contributed by atoms with Crippen LogP contribution in [0.1, 0.15) is 26.4 Å². The molecule has 0 amide bonds. The van der Waals surface area contributed by atoms with Gasteiger partial charge in [-0.2, -0.15) is 0 Å². The molecular weight excluding hydrogens is 300 g/mol. The molecule has 0 saturated heterocycles. The Morgan fingerprint density at radius 1 is 0.857 bits per heavy atom. The van der Waals surface area contributed by atoms with Gasteiger partial charge in [0.15, 0.2) is 0 Å². The van der Waals surface area contributed by atoms with Gasteiger partial charge in [-0.25, -0.2) is 0 Å². The lowest BCUT2D eigenvalue weighted by atomic mass is 10.0. The number of thiophene rings is 1. The maximum absolute atomic E-state index is 12.3. The number of benzene rings is 2. The summed E-state index contributed by atoms with van der Waals surface area (Å²) >= 11 is 7.19. The SMILES string of the molecule is O=C(c1ccc(Cc2ccccc2)cc1)c1ccc(Cl)s1. The summed E-state index contributed by atoms with van der Waals surface area (Å²) in [6.07, 6.45) is 0.875. The molecule has 0 aliphatic heterocycles. The van der Waals surface area contributed by atoms with E-state index in [2.05, 4.69) is 12.1 Å². The first-order valence-corrected chi connectivity index (χ1v) is 7.85. The number of rotatable bonds is 4. The van der Waals surface area contributed by atoms with Crippen molar-refractivity contribution in [2.24, 2.45) is 0 Å². The lowest BCUT2D eigenvalue weighted by Gasteiger charge is -2.03. The lowest BCUT2D eigenvalue weighted by molar-refractivity contribution is 0.104. The van der Waals surface area contributed by atoms with E-state index in [0.717, 1.165) is 6.42 Å². The summed E-state index contributed by atoms with van der Waals surface area (Å²) < 4.78 is 0.638. The average Bonchev–Trinajstić information content (AvgIpc) is 2.95. The Morgan fingerprint density at radius 3 is 2.14 bits per heavy atom. The molecule has 3 rings (SSSR count). The Kier molecular flexibility index (Phi) is 4.18. The summed E-state index contributed by atoms with van der Waals surface area (Å²) in [6, 6.07) is 21.6. The normalized spacial score (nSPS) is 10.5. The largest absolute Gasteiger partial charge is 0.288 e. The molecule has 1 nitrogen and oxygen atoms in total. The van der Waals surface area contributed by atoms with Crippen LogP contribution >= 0.6 is 22.9 Å². The lowest BCUT2D eigenvalue weighted by Crippen LogP contribution is -1.98. The Labute approximate surface area is 132 Å². The van der Waals surface area contributed by atoms with Gasteiger partial charge >= 0.3 is 0 Å². The highest BCUT2D eigenvalue weighted by molar-refractivity contribution is 7.18. The van der Waals surface area contributed by atoms with E-state index in [9.17, 15) is 4.79 Å². The molecule has 21 heavy (non-hydrogen) atoms. The minimum absolute atomic E-state index is 0.0261. The fourth-order valence-corrected chi connectivity index (χ4v) is 3.19. The molecule has 0 aliphatic rings. The number of ketones is 1. The van der Waals surface area contributed by atoms with Crippen LogP contribution in [0.15, 0.2) is 66.7 Å². The minimum atomic E-state index is 0.0261. The second kappa shape index (κ2) is 6.25. The van der Waals surface area contributed by atoms with E-state index in [0.29, 0.717) is 14.8 Å². The zero-order chi connectivity index (χ0) is 14.7. The molecule has 0 fully saturated rings.